The van der Waals surface area contributed by atoms with Gasteiger partial charge in [0.1, 0.15) is 0 Å². The lowest BCUT2D eigenvalue weighted by atomic mass is 10.1. The molecule has 0 spiro atoms. The summed E-state index contributed by atoms with van der Waals surface area (Å²) in [4.78, 5) is 14.3. The molecule has 1 heterocycles. The Kier molecular flexibility index (Phi) is 7.13. The Morgan fingerprint density at radius 3 is 2.37 bits per heavy atom. The molecule has 1 aromatic heterocycles. The minimum atomic E-state index is -4.49. The van der Waals surface area contributed by atoms with E-state index in [9.17, 15) is 13.2 Å². The second kappa shape index (κ2) is 8.77. The molecule has 11 heteroatoms. The zero-order valence-corrected chi connectivity index (χ0v) is 16.8. The Hall–Kier alpha value is -1.35. The molecule has 0 amide bonds. The van der Waals surface area contributed by atoms with Gasteiger partial charge in [-0.15, -0.1) is 0 Å². The van der Waals surface area contributed by atoms with Gasteiger partial charge in [-0.05, 0) is 39.2 Å². The van der Waals surface area contributed by atoms with Gasteiger partial charge in [0, 0.05) is 12.1 Å². The maximum Gasteiger partial charge on any atom is 0.416 e. The van der Waals surface area contributed by atoms with Gasteiger partial charge in [-0.3, -0.25) is 0 Å². The molecule has 0 saturated carbocycles. The summed E-state index contributed by atoms with van der Waals surface area (Å²) in [5.41, 5.74) is -0.685. The fourth-order valence-corrected chi connectivity index (χ4v) is 2.39. The highest BCUT2D eigenvalue weighted by Crippen LogP contribution is 2.37. The van der Waals surface area contributed by atoms with Crippen LogP contribution in [0.1, 0.15) is 17.8 Å². The van der Waals surface area contributed by atoms with Crippen molar-refractivity contribution in [2.24, 2.45) is 0 Å². The van der Waals surface area contributed by atoms with Crippen LogP contribution in [0.25, 0.3) is 11.4 Å². The monoisotopic (exact) mass is 441 g/mol. The van der Waals surface area contributed by atoms with E-state index >= 15 is 0 Å². The van der Waals surface area contributed by atoms with Crippen molar-refractivity contribution in [2.45, 2.75) is 16.4 Å². The van der Waals surface area contributed by atoms with E-state index in [1.54, 1.807) is 0 Å². The molecule has 0 aliphatic heterocycles. The van der Waals surface area contributed by atoms with Gasteiger partial charge in [-0.1, -0.05) is 46.9 Å². The number of halogens is 6. The van der Waals surface area contributed by atoms with Crippen molar-refractivity contribution < 1.29 is 13.2 Å². The van der Waals surface area contributed by atoms with Crippen molar-refractivity contribution in [3.8, 4) is 11.4 Å². The third kappa shape index (κ3) is 6.64. The molecule has 0 saturated heterocycles. The number of alkyl halides is 6. The molecule has 0 atom stereocenters. The van der Waals surface area contributed by atoms with Gasteiger partial charge >= 0.3 is 6.18 Å². The zero-order chi connectivity index (χ0) is 20.2. The van der Waals surface area contributed by atoms with Gasteiger partial charge in [0.05, 0.1) is 5.56 Å². The Bertz CT molecular complexity index is 779. The Labute approximate surface area is 169 Å². The minimum absolute atomic E-state index is 0.0208. The van der Waals surface area contributed by atoms with Crippen LogP contribution in [0.2, 0.25) is 0 Å². The summed E-state index contributed by atoms with van der Waals surface area (Å²) in [5.74, 6) is -0.0740. The van der Waals surface area contributed by atoms with Crippen LogP contribution in [0.3, 0.4) is 0 Å². The highest BCUT2D eigenvalue weighted by Gasteiger charge is 2.31. The second-order valence-electron chi connectivity index (χ2n) is 5.97. The maximum absolute atomic E-state index is 13.0. The molecule has 0 radical (unpaired) electrons. The molecule has 2 aromatic rings. The first-order valence-electron chi connectivity index (χ1n) is 7.86. The predicted octanol–water partition coefficient (Wildman–Crippen LogP) is 4.75. The lowest BCUT2D eigenvalue weighted by Crippen LogP contribution is -2.18. The number of hydrogen-bond acceptors (Lipinski definition) is 5. The number of benzene rings is 1. The smallest absolute Gasteiger partial charge is 0.354 e. The topological polar surface area (TPSA) is 53.9 Å². The first-order chi connectivity index (χ1) is 12.5. The quantitative estimate of drug-likeness (QED) is 0.517. The van der Waals surface area contributed by atoms with Crippen molar-refractivity contribution in [3.05, 3.63) is 35.7 Å². The maximum atomic E-state index is 13.0. The molecule has 148 valence electrons. The molecule has 1 aromatic carbocycles. The lowest BCUT2D eigenvalue weighted by Gasteiger charge is -2.14. The van der Waals surface area contributed by atoms with Crippen LogP contribution in [0, 0.1) is 0 Å². The van der Waals surface area contributed by atoms with E-state index in [0.717, 1.165) is 25.1 Å². The van der Waals surface area contributed by atoms with Crippen molar-refractivity contribution >= 4 is 40.8 Å². The fraction of sp³-hybridized carbons (Fsp3) is 0.438. The first kappa shape index (κ1) is 21.9. The van der Waals surface area contributed by atoms with Crippen molar-refractivity contribution in [1.82, 2.24) is 19.9 Å². The molecule has 0 unspecified atom stereocenters. The number of nitrogens with zero attached hydrogens (tertiary/aromatic N) is 4. The molecular formula is C16H17Cl3F3N5. The SMILES string of the molecule is CN(C)CCCNc1nc(-c2cccc(C(F)(F)F)c2)nc(C(Cl)(Cl)Cl)n1. The van der Waals surface area contributed by atoms with Crippen LogP contribution in [0.4, 0.5) is 19.1 Å². The van der Waals surface area contributed by atoms with Crippen molar-refractivity contribution in [2.75, 3.05) is 32.5 Å². The van der Waals surface area contributed by atoms with Crippen LogP contribution >= 0.6 is 34.8 Å². The van der Waals surface area contributed by atoms with E-state index in [4.69, 9.17) is 34.8 Å². The molecule has 1 N–H and O–H groups in total. The number of nitrogens with one attached hydrogen (secondary N) is 1. The number of aromatic nitrogens is 3. The number of rotatable bonds is 6. The van der Waals surface area contributed by atoms with Gasteiger partial charge in [0.25, 0.3) is 0 Å². The molecule has 5 nitrogen and oxygen atoms in total. The van der Waals surface area contributed by atoms with Gasteiger partial charge in [0.15, 0.2) is 11.6 Å². The molecule has 0 bridgehead atoms. The summed E-state index contributed by atoms with van der Waals surface area (Å²) in [7, 11) is 3.88. The van der Waals surface area contributed by atoms with Gasteiger partial charge in [0.2, 0.25) is 9.74 Å². The van der Waals surface area contributed by atoms with E-state index in [1.165, 1.54) is 12.1 Å². The molecule has 27 heavy (non-hydrogen) atoms. The Morgan fingerprint density at radius 2 is 1.78 bits per heavy atom. The van der Waals surface area contributed by atoms with E-state index in [0.29, 0.717) is 6.54 Å². The summed E-state index contributed by atoms with van der Waals surface area (Å²) in [6, 6.07) is 4.61. The Morgan fingerprint density at radius 1 is 1.07 bits per heavy atom. The van der Waals surface area contributed by atoms with Crippen molar-refractivity contribution in [1.29, 1.82) is 0 Å². The second-order valence-corrected chi connectivity index (χ2v) is 8.25. The van der Waals surface area contributed by atoms with E-state index in [2.05, 4.69) is 20.3 Å². The Balaban J connectivity index is 2.36. The van der Waals surface area contributed by atoms with Crippen LogP contribution in [0.15, 0.2) is 24.3 Å². The summed E-state index contributed by atoms with van der Waals surface area (Å²) in [5, 5.41) is 2.98. The molecule has 0 fully saturated rings. The summed E-state index contributed by atoms with van der Waals surface area (Å²) in [6.07, 6.45) is -3.70. The minimum Gasteiger partial charge on any atom is -0.354 e. The third-order valence-electron chi connectivity index (χ3n) is 3.40. The lowest BCUT2D eigenvalue weighted by molar-refractivity contribution is -0.137. The normalized spacial score (nSPS) is 12.5. The average Bonchev–Trinajstić information content (AvgIpc) is 2.57. The number of anilines is 1. The molecule has 0 aliphatic carbocycles. The highest BCUT2D eigenvalue weighted by molar-refractivity contribution is 6.66. The van der Waals surface area contributed by atoms with E-state index in [-0.39, 0.29) is 23.2 Å². The first-order valence-corrected chi connectivity index (χ1v) is 9.00. The summed E-state index contributed by atoms with van der Waals surface area (Å²) in [6.45, 7) is 1.36. The molecule has 2 rings (SSSR count). The van der Waals surface area contributed by atoms with Gasteiger partial charge in [-0.2, -0.15) is 23.1 Å². The van der Waals surface area contributed by atoms with Crippen molar-refractivity contribution in [3.63, 3.8) is 0 Å². The largest absolute Gasteiger partial charge is 0.416 e. The van der Waals surface area contributed by atoms with Crippen LogP contribution < -0.4 is 5.32 Å². The third-order valence-corrected chi connectivity index (χ3v) is 3.91. The van der Waals surface area contributed by atoms with E-state index in [1.807, 2.05) is 19.0 Å². The standard InChI is InChI=1S/C16H17Cl3F3N5/c1-27(2)8-4-7-23-14-25-12(24-13(26-14)15(17,18)19)10-5-3-6-11(9-10)16(20,21)22/h3,5-6,9H,4,7-8H2,1-2H3,(H,23,24,25,26). The van der Waals surface area contributed by atoms with E-state index < -0.39 is 15.5 Å². The number of hydrogen-bond donors (Lipinski definition) is 1. The van der Waals surface area contributed by atoms with Crippen LogP contribution in [-0.4, -0.2) is 47.0 Å². The summed E-state index contributed by atoms with van der Waals surface area (Å²) >= 11 is 17.6. The van der Waals surface area contributed by atoms with Crippen LogP contribution in [0.5, 0.6) is 0 Å². The van der Waals surface area contributed by atoms with Gasteiger partial charge < -0.3 is 10.2 Å². The average molecular weight is 443 g/mol. The molecular weight excluding hydrogens is 426 g/mol. The zero-order valence-electron chi connectivity index (χ0n) is 14.5. The predicted molar refractivity (Wildman–Crippen MR) is 101 cm³/mol. The molecule has 0 aliphatic rings. The van der Waals surface area contributed by atoms with Crippen LogP contribution in [-0.2, 0) is 9.97 Å². The van der Waals surface area contributed by atoms with Gasteiger partial charge in [-0.25, -0.2) is 4.98 Å². The summed E-state index contributed by atoms with van der Waals surface area (Å²) < 4.78 is 37.0. The fourth-order valence-electron chi connectivity index (χ4n) is 2.14. The highest BCUT2D eigenvalue weighted by atomic mass is 35.6.